The molecule has 14 heavy (non-hydrogen) atoms. The van der Waals surface area contributed by atoms with Crippen molar-refractivity contribution in [3.63, 3.8) is 0 Å². The van der Waals surface area contributed by atoms with Crippen LogP contribution in [0.25, 0.3) is 0 Å². The van der Waals surface area contributed by atoms with Crippen molar-refractivity contribution in [1.29, 1.82) is 0 Å². The highest BCUT2D eigenvalue weighted by Gasteiger charge is 2.50. The number of carbonyl (C=O) groups excluding carboxylic acids is 2. The van der Waals surface area contributed by atoms with Crippen LogP contribution in [0.3, 0.4) is 0 Å². The first-order valence-electron chi connectivity index (χ1n) is 5.02. The molecule has 0 bridgehead atoms. The van der Waals surface area contributed by atoms with Crippen LogP contribution in [0.2, 0.25) is 0 Å². The molecule has 1 atom stereocenters. The minimum Gasteiger partial charge on any atom is -0.342 e. The Morgan fingerprint density at radius 1 is 1.43 bits per heavy atom. The highest BCUT2D eigenvalue weighted by atomic mass is 16.2. The topological polar surface area (TPSA) is 70.2 Å². The van der Waals surface area contributed by atoms with Crippen LogP contribution in [-0.4, -0.2) is 36.5 Å². The molecule has 1 spiro atoms. The van der Waals surface area contributed by atoms with Crippen molar-refractivity contribution in [2.75, 3.05) is 13.1 Å². The lowest BCUT2D eigenvalue weighted by Gasteiger charge is -2.46. The average molecular weight is 197 g/mol. The van der Waals surface area contributed by atoms with Gasteiger partial charge in [-0.2, -0.15) is 0 Å². The molecule has 2 heterocycles. The van der Waals surface area contributed by atoms with Gasteiger partial charge in [0.1, 0.15) is 11.6 Å². The van der Waals surface area contributed by atoms with Gasteiger partial charge in [-0.3, -0.25) is 9.59 Å². The predicted molar refractivity (Wildman–Crippen MR) is 50.6 cm³/mol. The van der Waals surface area contributed by atoms with Gasteiger partial charge >= 0.3 is 0 Å². The summed E-state index contributed by atoms with van der Waals surface area (Å²) >= 11 is 0. The minimum absolute atomic E-state index is 0.0469. The highest BCUT2D eigenvalue weighted by molar-refractivity contribution is 6.00. The Kier molecular flexibility index (Phi) is 2.19. The van der Waals surface area contributed by atoms with Crippen LogP contribution in [0, 0.1) is 0 Å². The Balaban J connectivity index is 2.05. The van der Waals surface area contributed by atoms with Crippen LogP contribution in [-0.2, 0) is 9.59 Å². The summed E-state index contributed by atoms with van der Waals surface area (Å²) < 4.78 is 0. The third-order valence-corrected chi connectivity index (χ3v) is 2.85. The molecule has 2 saturated heterocycles. The molecule has 0 saturated carbocycles. The van der Waals surface area contributed by atoms with Gasteiger partial charge in [0.25, 0.3) is 0 Å². The van der Waals surface area contributed by atoms with E-state index in [1.807, 2.05) is 6.92 Å². The molecule has 2 fully saturated rings. The van der Waals surface area contributed by atoms with E-state index in [4.69, 9.17) is 0 Å². The summed E-state index contributed by atoms with van der Waals surface area (Å²) in [5, 5.41) is 8.56. The molecule has 2 aliphatic heterocycles. The zero-order chi connectivity index (χ0) is 10.2. The molecule has 0 aromatic carbocycles. The Morgan fingerprint density at radius 2 is 2.14 bits per heavy atom. The molecule has 2 rings (SSSR count). The van der Waals surface area contributed by atoms with Crippen LogP contribution in [0.4, 0.5) is 0 Å². The molecule has 2 aliphatic rings. The van der Waals surface area contributed by atoms with E-state index in [9.17, 15) is 9.59 Å². The van der Waals surface area contributed by atoms with E-state index in [1.54, 1.807) is 0 Å². The molecule has 0 aromatic heterocycles. The fourth-order valence-electron chi connectivity index (χ4n) is 1.86. The second kappa shape index (κ2) is 3.24. The fourth-order valence-corrected chi connectivity index (χ4v) is 1.86. The van der Waals surface area contributed by atoms with Crippen molar-refractivity contribution in [3.05, 3.63) is 0 Å². The van der Waals surface area contributed by atoms with Gasteiger partial charge in [-0.05, 0) is 6.42 Å². The number of nitrogens with one attached hydrogen (secondary N) is 3. The first-order chi connectivity index (χ1) is 6.68. The van der Waals surface area contributed by atoms with Gasteiger partial charge in [0.15, 0.2) is 0 Å². The maximum absolute atomic E-state index is 11.7. The van der Waals surface area contributed by atoms with Crippen LogP contribution in [0.5, 0.6) is 0 Å². The Hall–Kier alpha value is -1.10. The standard InChI is InChI=1S/C9H15N3O2/c1-2-3-6-7(13)12-9(4-10-5-9)8(14)11-6/h6,10H,2-5H2,1H3,(H,11,14)(H,12,13). The van der Waals surface area contributed by atoms with E-state index < -0.39 is 5.54 Å². The van der Waals surface area contributed by atoms with Gasteiger partial charge in [-0.1, -0.05) is 13.3 Å². The summed E-state index contributed by atoms with van der Waals surface area (Å²) in [4.78, 5) is 23.2. The van der Waals surface area contributed by atoms with Gasteiger partial charge < -0.3 is 16.0 Å². The summed E-state index contributed by atoms with van der Waals surface area (Å²) in [6, 6.07) is -0.335. The molecule has 2 amide bonds. The molecule has 5 heteroatoms. The maximum Gasteiger partial charge on any atom is 0.249 e. The van der Waals surface area contributed by atoms with Crippen LogP contribution < -0.4 is 16.0 Å². The first-order valence-corrected chi connectivity index (χ1v) is 5.02. The number of rotatable bonds is 2. The van der Waals surface area contributed by atoms with E-state index in [-0.39, 0.29) is 17.9 Å². The quantitative estimate of drug-likeness (QED) is 0.517. The second-order valence-corrected chi connectivity index (χ2v) is 3.99. The van der Waals surface area contributed by atoms with E-state index in [0.29, 0.717) is 19.5 Å². The minimum atomic E-state index is -0.651. The van der Waals surface area contributed by atoms with Gasteiger partial charge in [-0.25, -0.2) is 0 Å². The van der Waals surface area contributed by atoms with Crippen molar-refractivity contribution in [2.24, 2.45) is 0 Å². The molecule has 0 aromatic rings. The van der Waals surface area contributed by atoms with E-state index in [2.05, 4.69) is 16.0 Å². The molecule has 1 unspecified atom stereocenters. The molecular formula is C9H15N3O2. The second-order valence-electron chi connectivity index (χ2n) is 3.99. The van der Waals surface area contributed by atoms with Crippen molar-refractivity contribution in [2.45, 2.75) is 31.3 Å². The van der Waals surface area contributed by atoms with Gasteiger partial charge in [-0.15, -0.1) is 0 Å². The summed E-state index contributed by atoms with van der Waals surface area (Å²) in [5.74, 6) is -0.0951. The van der Waals surface area contributed by atoms with Gasteiger partial charge in [0.05, 0.1) is 0 Å². The lowest BCUT2D eigenvalue weighted by Crippen LogP contribution is -2.80. The van der Waals surface area contributed by atoms with Crippen molar-refractivity contribution in [1.82, 2.24) is 16.0 Å². The van der Waals surface area contributed by atoms with E-state index in [1.165, 1.54) is 0 Å². The van der Waals surface area contributed by atoms with Crippen molar-refractivity contribution < 1.29 is 9.59 Å². The van der Waals surface area contributed by atoms with Gasteiger partial charge in [0.2, 0.25) is 11.8 Å². The zero-order valence-electron chi connectivity index (χ0n) is 8.22. The maximum atomic E-state index is 11.7. The fraction of sp³-hybridized carbons (Fsp3) is 0.778. The average Bonchev–Trinajstić information content (AvgIpc) is 2.08. The Bertz CT molecular complexity index is 273. The summed E-state index contributed by atoms with van der Waals surface area (Å²) in [6.07, 6.45) is 1.60. The molecule has 78 valence electrons. The largest absolute Gasteiger partial charge is 0.342 e. The van der Waals surface area contributed by atoms with Crippen molar-refractivity contribution >= 4 is 11.8 Å². The summed E-state index contributed by atoms with van der Waals surface area (Å²) in [5.41, 5.74) is -0.651. The molecular weight excluding hydrogens is 182 g/mol. The molecule has 3 N–H and O–H groups in total. The monoisotopic (exact) mass is 197 g/mol. The number of carbonyl (C=O) groups is 2. The number of hydrogen-bond acceptors (Lipinski definition) is 3. The van der Waals surface area contributed by atoms with Crippen LogP contribution in [0.15, 0.2) is 0 Å². The molecule has 5 nitrogen and oxygen atoms in total. The SMILES string of the molecule is CCCC1NC(=O)C2(CNC2)NC1=O. The molecule has 0 radical (unpaired) electrons. The number of hydrogen-bond donors (Lipinski definition) is 3. The number of amides is 2. The zero-order valence-corrected chi connectivity index (χ0v) is 8.22. The lowest BCUT2D eigenvalue weighted by molar-refractivity contribution is -0.143. The first kappa shape index (κ1) is 9.45. The highest BCUT2D eigenvalue weighted by Crippen LogP contribution is 2.16. The van der Waals surface area contributed by atoms with E-state index >= 15 is 0 Å². The summed E-state index contributed by atoms with van der Waals surface area (Å²) in [7, 11) is 0. The summed E-state index contributed by atoms with van der Waals surface area (Å²) in [6.45, 7) is 3.08. The smallest absolute Gasteiger partial charge is 0.249 e. The lowest BCUT2D eigenvalue weighted by atomic mass is 9.87. The normalized spacial score (nSPS) is 29.4. The third kappa shape index (κ3) is 1.28. The van der Waals surface area contributed by atoms with Crippen molar-refractivity contribution in [3.8, 4) is 0 Å². The van der Waals surface area contributed by atoms with Crippen LogP contribution in [0.1, 0.15) is 19.8 Å². The number of piperazine rings is 1. The van der Waals surface area contributed by atoms with E-state index in [0.717, 1.165) is 6.42 Å². The third-order valence-electron chi connectivity index (χ3n) is 2.85. The Morgan fingerprint density at radius 3 is 2.64 bits per heavy atom. The predicted octanol–water partition coefficient (Wildman–Crippen LogP) is -1.26. The molecule has 0 aliphatic carbocycles. The Labute approximate surface area is 82.6 Å². The van der Waals surface area contributed by atoms with Gasteiger partial charge in [0, 0.05) is 13.1 Å². The van der Waals surface area contributed by atoms with Crippen LogP contribution >= 0.6 is 0 Å².